The second kappa shape index (κ2) is 9.02. The Morgan fingerprint density at radius 2 is 1.67 bits per heavy atom. The molecule has 0 radical (unpaired) electrons. The van der Waals surface area contributed by atoms with Gasteiger partial charge in [-0.15, -0.1) is 0 Å². The average Bonchev–Trinajstić information content (AvgIpc) is 3.26. The van der Waals surface area contributed by atoms with Crippen LogP contribution in [-0.4, -0.2) is 41.0 Å². The Bertz CT molecular complexity index is 826. The van der Waals surface area contributed by atoms with Gasteiger partial charge in [0, 0.05) is 36.2 Å². The molecule has 30 heavy (non-hydrogen) atoms. The van der Waals surface area contributed by atoms with E-state index in [1.165, 1.54) is 63.6 Å². The number of hydrogen-bond acceptors (Lipinski definition) is 2. The van der Waals surface area contributed by atoms with Crippen LogP contribution in [-0.2, 0) is 19.4 Å². The van der Waals surface area contributed by atoms with Gasteiger partial charge >= 0.3 is 0 Å². The zero-order valence-electron chi connectivity index (χ0n) is 18.3. The highest BCUT2D eigenvalue weighted by Gasteiger charge is 2.41. The Morgan fingerprint density at radius 1 is 0.967 bits per heavy atom. The molecule has 0 saturated carbocycles. The third-order valence-corrected chi connectivity index (χ3v) is 8.02. The molecule has 160 valence electrons. The number of piperidine rings is 1. The van der Waals surface area contributed by atoms with Gasteiger partial charge in [0.05, 0.1) is 0 Å². The highest BCUT2D eigenvalue weighted by atomic mass is 35.5. The van der Waals surface area contributed by atoms with Crippen LogP contribution in [0.3, 0.4) is 0 Å². The summed E-state index contributed by atoms with van der Waals surface area (Å²) in [6, 6.07) is 19.8. The molecule has 2 saturated heterocycles. The standard InChI is InChI=1S/C27H35ClN2/c1-2-12-29(27-16-22-7-3-4-8-23(22)17-27)18-21-14-25-10-11-26(15-21)30(25)19-20-6-5-9-24(28)13-20/h3-9,13,21,25-27H,2,10-12,14-19H2,1H3. The predicted molar refractivity (Wildman–Crippen MR) is 126 cm³/mol. The van der Waals surface area contributed by atoms with Crippen molar-refractivity contribution in [2.24, 2.45) is 5.92 Å². The topological polar surface area (TPSA) is 6.48 Å². The van der Waals surface area contributed by atoms with E-state index in [9.17, 15) is 0 Å². The van der Waals surface area contributed by atoms with Gasteiger partial charge in [0.15, 0.2) is 0 Å². The number of rotatable bonds is 7. The van der Waals surface area contributed by atoms with E-state index in [1.54, 1.807) is 11.1 Å². The minimum atomic E-state index is 0.712. The number of benzene rings is 2. The van der Waals surface area contributed by atoms with Gasteiger partial charge in [0.25, 0.3) is 0 Å². The summed E-state index contributed by atoms with van der Waals surface area (Å²) in [6.45, 7) is 5.95. The predicted octanol–water partition coefficient (Wildman–Crippen LogP) is 5.96. The molecule has 2 bridgehead atoms. The van der Waals surface area contributed by atoms with Crippen LogP contribution in [0.15, 0.2) is 48.5 Å². The third-order valence-electron chi connectivity index (χ3n) is 7.79. The maximum Gasteiger partial charge on any atom is 0.0409 e. The molecule has 5 rings (SSSR count). The SMILES string of the molecule is CCCN(CC1CC2CCC(C1)N2Cc1cccc(Cl)c1)C1Cc2ccccc2C1. The summed E-state index contributed by atoms with van der Waals surface area (Å²) in [5, 5.41) is 0.863. The Labute approximate surface area is 187 Å². The minimum absolute atomic E-state index is 0.712. The van der Waals surface area contributed by atoms with E-state index in [2.05, 4.69) is 59.2 Å². The molecule has 2 fully saturated rings. The van der Waals surface area contributed by atoms with E-state index in [0.717, 1.165) is 29.6 Å². The lowest BCUT2D eigenvalue weighted by molar-refractivity contribution is 0.0670. The van der Waals surface area contributed by atoms with E-state index in [4.69, 9.17) is 11.6 Å². The van der Waals surface area contributed by atoms with Gasteiger partial charge in [-0.25, -0.2) is 0 Å². The average molecular weight is 423 g/mol. The van der Waals surface area contributed by atoms with E-state index >= 15 is 0 Å². The third kappa shape index (κ3) is 4.33. The summed E-state index contributed by atoms with van der Waals surface area (Å²) in [7, 11) is 0. The van der Waals surface area contributed by atoms with Crippen molar-refractivity contribution in [3.63, 3.8) is 0 Å². The lowest BCUT2D eigenvalue weighted by Gasteiger charge is -2.41. The summed E-state index contributed by atoms with van der Waals surface area (Å²) >= 11 is 6.23. The molecule has 2 aliphatic heterocycles. The van der Waals surface area contributed by atoms with Crippen LogP contribution in [0.25, 0.3) is 0 Å². The summed E-state index contributed by atoms with van der Waals surface area (Å²) in [6.07, 6.45) is 9.25. The molecule has 1 aliphatic carbocycles. The van der Waals surface area contributed by atoms with Crippen molar-refractivity contribution >= 4 is 11.6 Å². The summed E-state index contributed by atoms with van der Waals surface area (Å²) in [5.74, 6) is 0.855. The molecule has 0 aromatic heterocycles. The van der Waals surface area contributed by atoms with Crippen LogP contribution in [0, 0.1) is 5.92 Å². The highest BCUT2D eigenvalue weighted by Crippen LogP contribution is 2.40. The Morgan fingerprint density at radius 3 is 2.30 bits per heavy atom. The van der Waals surface area contributed by atoms with Crippen molar-refractivity contribution in [1.82, 2.24) is 9.80 Å². The molecular formula is C27H35ClN2. The fraction of sp³-hybridized carbons (Fsp3) is 0.556. The largest absolute Gasteiger partial charge is 0.299 e. The normalized spacial score (nSPS) is 26.4. The smallest absolute Gasteiger partial charge is 0.0409 e. The van der Waals surface area contributed by atoms with Gasteiger partial charge in [0.1, 0.15) is 0 Å². The maximum absolute atomic E-state index is 6.23. The number of nitrogens with zero attached hydrogens (tertiary/aromatic N) is 2. The molecular weight excluding hydrogens is 388 g/mol. The first-order chi connectivity index (χ1) is 14.7. The molecule has 0 N–H and O–H groups in total. The number of halogens is 1. The van der Waals surface area contributed by atoms with Crippen molar-refractivity contribution in [2.75, 3.05) is 13.1 Å². The van der Waals surface area contributed by atoms with Gasteiger partial charge in [-0.2, -0.15) is 0 Å². The summed E-state index contributed by atoms with van der Waals surface area (Å²) < 4.78 is 0. The Hall–Kier alpha value is -1.35. The fourth-order valence-electron chi connectivity index (χ4n) is 6.48. The van der Waals surface area contributed by atoms with Crippen molar-refractivity contribution in [3.05, 3.63) is 70.2 Å². The minimum Gasteiger partial charge on any atom is -0.299 e. The van der Waals surface area contributed by atoms with Crippen molar-refractivity contribution < 1.29 is 0 Å². The van der Waals surface area contributed by atoms with Crippen LogP contribution in [0.4, 0.5) is 0 Å². The molecule has 2 nitrogen and oxygen atoms in total. The van der Waals surface area contributed by atoms with E-state index in [-0.39, 0.29) is 0 Å². The van der Waals surface area contributed by atoms with E-state index < -0.39 is 0 Å². The van der Waals surface area contributed by atoms with Crippen LogP contribution in [0.2, 0.25) is 5.02 Å². The molecule has 2 aromatic rings. The summed E-state index contributed by atoms with van der Waals surface area (Å²) in [5.41, 5.74) is 4.54. The second-order valence-electron chi connectivity index (χ2n) is 9.85. The molecule has 3 heteroatoms. The zero-order chi connectivity index (χ0) is 20.5. The highest BCUT2D eigenvalue weighted by molar-refractivity contribution is 6.30. The monoisotopic (exact) mass is 422 g/mol. The van der Waals surface area contributed by atoms with Crippen molar-refractivity contribution in [2.45, 2.75) is 76.5 Å². The second-order valence-corrected chi connectivity index (χ2v) is 10.3. The quantitative estimate of drug-likeness (QED) is 0.542. The maximum atomic E-state index is 6.23. The number of fused-ring (bicyclic) bond motifs is 3. The van der Waals surface area contributed by atoms with Crippen molar-refractivity contribution in [3.8, 4) is 0 Å². The van der Waals surface area contributed by atoms with Crippen LogP contribution in [0.1, 0.15) is 55.7 Å². The van der Waals surface area contributed by atoms with Gasteiger partial charge in [-0.05, 0) is 86.2 Å². The molecule has 2 unspecified atom stereocenters. The van der Waals surface area contributed by atoms with Gasteiger partial charge in [0.2, 0.25) is 0 Å². The van der Waals surface area contributed by atoms with Crippen LogP contribution in [0.5, 0.6) is 0 Å². The molecule has 0 spiro atoms. The fourth-order valence-corrected chi connectivity index (χ4v) is 6.69. The van der Waals surface area contributed by atoms with Gasteiger partial charge < -0.3 is 0 Å². The lowest BCUT2D eigenvalue weighted by Crippen LogP contribution is -2.47. The van der Waals surface area contributed by atoms with Crippen LogP contribution < -0.4 is 0 Å². The molecule has 0 amide bonds. The molecule has 2 atom stereocenters. The molecule has 2 aromatic carbocycles. The molecule has 2 heterocycles. The van der Waals surface area contributed by atoms with Crippen LogP contribution >= 0.6 is 11.6 Å². The Kier molecular flexibility index (Phi) is 6.18. The number of hydrogen-bond donors (Lipinski definition) is 0. The first kappa shape index (κ1) is 20.5. The van der Waals surface area contributed by atoms with E-state index in [1.807, 2.05) is 6.07 Å². The zero-order valence-corrected chi connectivity index (χ0v) is 19.0. The van der Waals surface area contributed by atoms with Crippen molar-refractivity contribution in [1.29, 1.82) is 0 Å². The van der Waals surface area contributed by atoms with E-state index in [0.29, 0.717) is 6.04 Å². The molecule has 3 aliphatic rings. The first-order valence-electron chi connectivity index (χ1n) is 12.0. The Balaban J connectivity index is 1.22. The summed E-state index contributed by atoms with van der Waals surface area (Å²) in [4.78, 5) is 5.63. The lowest BCUT2D eigenvalue weighted by atomic mass is 9.89. The van der Waals surface area contributed by atoms with Gasteiger partial charge in [-0.3, -0.25) is 9.80 Å². The van der Waals surface area contributed by atoms with Gasteiger partial charge in [-0.1, -0.05) is 54.9 Å². The first-order valence-corrected chi connectivity index (χ1v) is 12.4.